The van der Waals surface area contributed by atoms with E-state index in [1.54, 1.807) is 50.2 Å². The van der Waals surface area contributed by atoms with Crippen molar-refractivity contribution in [1.82, 2.24) is 0 Å². The number of alkyl halides is 1. The van der Waals surface area contributed by atoms with Crippen LogP contribution in [-0.4, -0.2) is 5.67 Å². The number of para-hydroxylation sites is 1. The molecule has 38 heavy (non-hydrogen) atoms. The number of rotatable bonds is 6. The molecule has 1 aliphatic rings. The van der Waals surface area contributed by atoms with E-state index < -0.39 is 17.3 Å². The Bertz CT molecular complexity index is 1550. The van der Waals surface area contributed by atoms with Gasteiger partial charge in [-0.3, -0.25) is 0 Å². The molecule has 192 valence electrons. The Morgan fingerprint density at radius 2 is 1.37 bits per heavy atom. The predicted molar refractivity (Wildman–Crippen MR) is 144 cm³/mol. The number of allylic oxidation sites excluding steroid dienone is 2. The van der Waals surface area contributed by atoms with E-state index in [0.29, 0.717) is 16.1 Å². The highest BCUT2D eigenvalue weighted by atomic mass is 35.5. The number of ether oxygens (including phenoxy) is 3. The maximum Gasteiger partial charge on any atom is 0.275 e. The first kappa shape index (κ1) is 27.6. The molecule has 3 aromatic carbocycles. The van der Waals surface area contributed by atoms with Crippen LogP contribution in [0.25, 0.3) is 0 Å². The second-order valence-electron chi connectivity index (χ2n) is 8.30. The maximum atomic E-state index is 16.5. The van der Waals surface area contributed by atoms with E-state index in [1.165, 1.54) is 24.3 Å². The molecule has 1 aliphatic carbocycles. The Balaban J connectivity index is 1.99. The Hall–Kier alpha value is -3.39. The summed E-state index contributed by atoms with van der Waals surface area (Å²) in [5, 5.41) is 20.7. The van der Waals surface area contributed by atoms with Crippen molar-refractivity contribution in [2.24, 2.45) is 5.92 Å². The smallest absolute Gasteiger partial charge is 0.275 e. The van der Waals surface area contributed by atoms with Gasteiger partial charge in [-0.2, -0.15) is 10.5 Å². The number of aryl methyl sites for hydroxylation is 2. The van der Waals surface area contributed by atoms with Gasteiger partial charge in [-0.15, -0.1) is 0 Å². The van der Waals surface area contributed by atoms with Crippen molar-refractivity contribution >= 4 is 46.4 Å². The van der Waals surface area contributed by atoms with E-state index in [-0.39, 0.29) is 43.8 Å². The molecule has 0 spiro atoms. The molecule has 0 fully saturated rings. The largest absolute Gasteiger partial charge is 0.452 e. The minimum atomic E-state index is -2.96. The van der Waals surface area contributed by atoms with Crippen LogP contribution in [0, 0.1) is 42.4 Å². The van der Waals surface area contributed by atoms with Crippen molar-refractivity contribution < 1.29 is 18.6 Å². The highest BCUT2D eigenvalue weighted by molar-refractivity contribution is 6.34. The molecule has 0 aliphatic heterocycles. The van der Waals surface area contributed by atoms with E-state index >= 15 is 4.39 Å². The van der Waals surface area contributed by atoms with Gasteiger partial charge in [-0.05, 0) is 55.3 Å². The molecule has 0 aromatic heterocycles. The number of nitriles is 2. The summed E-state index contributed by atoms with van der Waals surface area (Å²) in [5.41, 5.74) is -1.66. The van der Waals surface area contributed by atoms with Crippen molar-refractivity contribution in [2.45, 2.75) is 19.5 Å². The third-order valence-electron chi connectivity index (χ3n) is 5.64. The van der Waals surface area contributed by atoms with Crippen LogP contribution in [0.2, 0.25) is 20.1 Å². The summed E-state index contributed by atoms with van der Waals surface area (Å²) in [6.07, 6.45) is 1.12. The Morgan fingerprint density at radius 3 is 1.89 bits per heavy atom. The van der Waals surface area contributed by atoms with E-state index in [1.807, 2.05) is 6.07 Å². The van der Waals surface area contributed by atoms with Crippen LogP contribution in [0.3, 0.4) is 0 Å². The summed E-state index contributed by atoms with van der Waals surface area (Å²) in [7, 11) is 0. The fourth-order valence-corrected chi connectivity index (χ4v) is 4.34. The van der Waals surface area contributed by atoms with E-state index in [4.69, 9.17) is 60.6 Å². The van der Waals surface area contributed by atoms with Crippen molar-refractivity contribution in [1.29, 1.82) is 10.5 Å². The van der Waals surface area contributed by atoms with Gasteiger partial charge in [0.1, 0.15) is 29.2 Å². The summed E-state index contributed by atoms with van der Waals surface area (Å²) in [6.45, 7) is 3.51. The van der Waals surface area contributed by atoms with Crippen molar-refractivity contribution in [3.05, 3.63) is 109 Å². The highest BCUT2D eigenvalue weighted by Crippen LogP contribution is 2.45. The van der Waals surface area contributed by atoms with Crippen molar-refractivity contribution in [2.75, 3.05) is 0 Å². The molecule has 10 heteroatoms. The summed E-state index contributed by atoms with van der Waals surface area (Å²) in [6, 6.07) is 17.6. The lowest BCUT2D eigenvalue weighted by Gasteiger charge is -2.31. The molecule has 2 atom stereocenters. The molecular weight excluding hydrogens is 573 g/mol. The first-order valence-corrected chi connectivity index (χ1v) is 12.5. The summed E-state index contributed by atoms with van der Waals surface area (Å²) in [5.74, 6) is -2.34. The zero-order chi connectivity index (χ0) is 27.6. The van der Waals surface area contributed by atoms with Crippen LogP contribution >= 0.6 is 46.4 Å². The van der Waals surface area contributed by atoms with Crippen LogP contribution in [0.5, 0.6) is 17.2 Å². The SMILES string of the molecule is Cc1cccc(C)c1OC1=C(Oc2cc(Cl)ccc2Cl)C(Oc2cc(Cl)ccc2Cl)=CC(C#N)C1(F)C#N. The van der Waals surface area contributed by atoms with E-state index in [9.17, 15) is 10.5 Å². The fraction of sp³-hybridized carbons (Fsp3) is 0.143. The third kappa shape index (κ3) is 5.41. The predicted octanol–water partition coefficient (Wildman–Crippen LogP) is 8.93. The number of hydrogen-bond acceptors (Lipinski definition) is 5. The molecule has 4 rings (SSSR count). The quantitative estimate of drug-likeness (QED) is 0.287. The van der Waals surface area contributed by atoms with Gasteiger partial charge in [0.05, 0.1) is 16.1 Å². The maximum absolute atomic E-state index is 16.5. The molecule has 0 saturated heterocycles. The monoisotopic (exact) mass is 588 g/mol. The summed E-state index contributed by atoms with van der Waals surface area (Å²) in [4.78, 5) is 0. The molecule has 2 unspecified atom stereocenters. The molecule has 0 bridgehead atoms. The van der Waals surface area contributed by atoms with Crippen LogP contribution in [-0.2, 0) is 0 Å². The molecular formula is C28H17Cl4FN2O3. The zero-order valence-electron chi connectivity index (χ0n) is 19.9. The van der Waals surface area contributed by atoms with Gasteiger partial charge in [0.25, 0.3) is 5.67 Å². The number of halogens is 5. The van der Waals surface area contributed by atoms with Gasteiger partial charge in [0.2, 0.25) is 11.5 Å². The number of hydrogen-bond donors (Lipinski definition) is 0. The first-order chi connectivity index (χ1) is 18.1. The molecule has 0 N–H and O–H groups in total. The Morgan fingerprint density at radius 1 is 0.816 bits per heavy atom. The van der Waals surface area contributed by atoms with Gasteiger partial charge in [0, 0.05) is 22.2 Å². The lowest BCUT2D eigenvalue weighted by molar-refractivity contribution is 0.150. The summed E-state index contributed by atoms with van der Waals surface area (Å²) < 4.78 is 34.6. The number of benzene rings is 3. The minimum absolute atomic E-state index is 0.0270. The minimum Gasteiger partial charge on any atom is -0.452 e. The van der Waals surface area contributed by atoms with E-state index in [0.717, 1.165) is 6.08 Å². The third-order valence-corrected chi connectivity index (χ3v) is 6.73. The van der Waals surface area contributed by atoms with Gasteiger partial charge in [-0.1, -0.05) is 64.6 Å². The van der Waals surface area contributed by atoms with Crippen molar-refractivity contribution in [3.8, 4) is 29.4 Å². The lowest BCUT2D eigenvalue weighted by atomic mass is 9.84. The zero-order valence-corrected chi connectivity index (χ0v) is 22.9. The molecule has 0 heterocycles. The lowest BCUT2D eigenvalue weighted by Crippen LogP contribution is -2.40. The van der Waals surface area contributed by atoms with Crippen LogP contribution in [0.1, 0.15) is 11.1 Å². The highest BCUT2D eigenvalue weighted by Gasteiger charge is 2.52. The van der Waals surface area contributed by atoms with Gasteiger partial charge in [0.15, 0.2) is 5.76 Å². The molecule has 0 amide bonds. The Kier molecular flexibility index (Phi) is 8.11. The Labute approximate surface area is 238 Å². The van der Waals surface area contributed by atoms with Gasteiger partial charge in [-0.25, -0.2) is 4.39 Å². The van der Waals surface area contributed by atoms with Gasteiger partial charge < -0.3 is 14.2 Å². The molecule has 3 aromatic rings. The van der Waals surface area contributed by atoms with Crippen molar-refractivity contribution in [3.63, 3.8) is 0 Å². The van der Waals surface area contributed by atoms with Gasteiger partial charge >= 0.3 is 0 Å². The molecule has 5 nitrogen and oxygen atoms in total. The van der Waals surface area contributed by atoms with Crippen LogP contribution in [0.4, 0.5) is 4.39 Å². The fourth-order valence-electron chi connectivity index (χ4n) is 3.71. The first-order valence-electron chi connectivity index (χ1n) is 11.0. The second-order valence-corrected chi connectivity index (χ2v) is 9.98. The standard InChI is InChI=1S/C28H17Cl4FN2O3/c1-15-4-3-5-16(2)25(15)38-27-26(37-23-12-19(30)7-9-21(23)32)24(10-17(13-34)28(27,33)14-35)36-22-11-18(29)6-8-20(22)31/h3-12,17H,1-2H3. The molecule has 0 saturated carbocycles. The van der Waals surface area contributed by atoms with Crippen LogP contribution in [0.15, 0.2) is 78.0 Å². The second kappa shape index (κ2) is 11.2. The van der Waals surface area contributed by atoms with Crippen LogP contribution < -0.4 is 14.2 Å². The van der Waals surface area contributed by atoms with E-state index in [2.05, 4.69) is 0 Å². The summed E-state index contributed by atoms with van der Waals surface area (Å²) >= 11 is 24.9. The number of nitrogens with zero attached hydrogens (tertiary/aromatic N) is 2. The molecule has 0 radical (unpaired) electrons. The topological polar surface area (TPSA) is 75.3 Å². The average molecular weight is 590 g/mol. The average Bonchev–Trinajstić information content (AvgIpc) is 2.88. The normalized spacial score (nSPS) is 18.8.